The molecule has 2 heterocycles. The Morgan fingerprint density at radius 1 is 1.03 bits per heavy atom. The van der Waals surface area contributed by atoms with Crippen LogP contribution in [-0.2, 0) is 13.0 Å². The van der Waals surface area contributed by atoms with Gasteiger partial charge in [0.1, 0.15) is 5.75 Å². The highest BCUT2D eigenvalue weighted by Gasteiger charge is 2.22. The second-order valence-corrected chi connectivity index (χ2v) is 8.99. The molecule has 0 fully saturated rings. The second kappa shape index (κ2) is 9.87. The van der Waals surface area contributed by atoms with Gasteiger partial charge in [0.2, 0.25) is 11.8 Å². The van der Waals surface area contributed by atoms with E-state index in [4.69, 9.17) is 20.8 Å². The summed E-state index contributed by atoms with van der Waals surface area (Å²) < 4.78 is 13.2. The van der Waals surface area contributed by atoms with Crippen molar-refractivity contribution in [2.24, 2.45) is 0 Å². The van der Waals surface area contributed by atoms with E-state index in [0.717, 1.165) is 27.8 Å². The van der Waals surface area contributed by atoms with E-state index in [1.807, 2.05) is 67.4 Å². The Kier molecular flexibility index (Phi) is 6.48. The Bertz CT molecular complexity index is 1520. The number of benzene rings is 3. The number of carbonyl (C=O) groups excluding carboxylic acids is 1. The van der Waals surface area contributed by atoms with Gasteiger partial charge in [0, 0.05) is 34.4 Å². The van der Waals surface area contributed by atoms with Crippen molar-refractivity contribution in [3.05, 3.63) is 106 Å². The van der Waals surface area contributed by atoms with E-state index in [2.05, 4.69) is 10.2 Å². The predicted molar refractivity (Wildman–Crippen MR) is 140 cm³/mol. The molecule has 0 aliphatic carbocycles. The van der Waals surface area contributed by atoms with Crippen molar-refractivity contribution in [2.75, 3.05) is 19.1 Å². The first-order valence-electron chi connectivity index (χ1n) is 11.5. The number of rotatable bonds is 7. The molecule has 0 amide bonds. The highest BCUT2D eigenvalue weighted by atomic mass is 35.5. The van der Waals surface area contributed by atoms with Crippen molar-refractivity contribution in [1.29, 1.82) is 0 Å². The van der Waals surface area contributed by atoms with E-state index in [1.165, 1.54) is 0 Å². The minimum Gasteiger partial charge on any atom is -0.497 e. The summed E-state index contributed by atoms with van der Waals surface area (Å²) >= 11 is 6.03. The summed E-state index contributed by atoms with van der Waals surface area (Å²) in [7, 11) is 3.60. The SMILES string of the molecule is COc1ccc2c(c1)c(Cc1nnc(CN(C)c3ccccc3)o1)c(C)n2C(=O)c1ccc(Cl)cc1. The van der Waals surface area contributed by atoms with Crippen LogP contribution in [0.1, 0.15) is 33.4 Å². The van der Waals surface area contributed by atoms with Gasteiger partial charge in [-0.05, 0) is 67.1 Å². The fourth-order valence-electron chi connectivity index (χ4n) is 4.35. The summed E-state index contributed by atoms with van der Waals surface area (Å²) in [5.74, 6) is 1.57. The molecule has 5 aromatic rings. The fraction of sp³-hybridized carbons (Fsp3) is 0.179. The number of fused-ring (bicyclic) bond motifs is 1. The molecule has 0 aliphatic rings. The van der Waals surface area contributed by atoms with Crippen LogP contribution >= 0.6 is 11.6 Å². The molecule has 0 radical (unpaired) electrons. The smallest absolute Gasteiger partial charge is 0.262 e. The van der Waals surface area contributed by atoms with Crippen molar-refractivity contribution in [2.45, 2.75) is 19.9 Å². The number of anilines is 1. The lowest BCUT2D eigenvalue weighted by atomic mass is 10.1. The summed E-state index contributed by atoms with van der Waals surface area (Å²) in [5.41, 5.74) is 4.12. The van der Waals surface area contributed by atoms with Gasteiger partial charge in [-0.15, -0.1) is 10.2 Å². The highest BCUT2D eigenvalue weighted by molar-refractivity contribution is 6.30. The molecular formula is C28H25ClN4O3. The van der Waals surface area contributed by atoms with Gasteiger partial charge in [-0.2, -0.15) is 0 Å². The van der Waals surface area contributed by atoms with Crippen LogP contribution in [0.2, 0.25) is 5.02 Å². The van der Waals surface area contributed by atoms with E-state index in [0.29, 0.717) is 41.1 Å². The van der Waals surface area contributed by atoms with Crippen LogP contribution in [-0.4, -0.2) is 34.8 Å². The molecule has 7 nitrogen and oxygen atoms in total. The van der Waals surface area contributed by atoms with Gasteiger partial charge in [-0.1, -0.05) is 29.8 Å². The molecular weight excluding hydrogens is 476 g/mol. The summed E-state index contributed by atoms with van der Waals surface area (Å²) in [5, 5.41) is 10.0. The number of hydrogen-bond donors (Lipinski definition) is 0. The van der Waals surface area contributed by atoms with Crippen molar-refractivity contribution >= 4 is 34.1 Å². The zero-order valence-corrected chi connectivity index (χ0v) is 21.0. The third kappa shape index (κ3) is 4.57. The molecule has 0 saturated carbocycles. The number of halogens is 1. The summed E-state index contributed by atoms with van der Waals surface area (Å²) in [6.07, 6.45) is 0.387. The molecule has 0 aliphatic heterocycles. The van der Waals surface area contributed by atoms with E-state index in [1.54, 1.807) is 35.9 Å². The monoisotopic (exact) mass is 500 g/mol. The zero-order valence-electron chi connectivity index (χ0n) is 20.2. The van der Waals surface area contributed by atoms with Gasteiger partial charge in [0.15, 0.2) is 0 Å². The molecule has 0 saturated heterocycles. The largest absolute Gasteiger partial charge is 0.497 e. The molecule has 8 heteroatoms. The first-order valence-corrected chi connectivity index (χ1v) is 11.9. The average molecular weight is 501 g/mol. The number of ether oxygens (including phenoxy) is 1. The van der Waals surface area contributed by atoms with Crippen LogP contribution in [0.25, 0.3) is 10.9 Å². The lowest BCUT2D eigenvalue weighted by Gasteiger charge is -2.16. The summed E-state index contributed by atoms with van der Waals surface area (Å²) in [4.78, 5) is 15.6. The van der Waals surface area contributed by atoms with Crippen molar-refractivity contribution in [3.8, 4) is 5.75 Å². The van der Waals surface area contributed by atoms with E-state index >= 15 is 0 Å². The highest BCUT2D eigenvalue weighted by Crippen LogP contribution is 2.32. The quantitative estimate of drug-likeness (QED) is 0.276. The minimum atomic E-state index is -0.138. The van der Waals surface area contributed by atoms with Crippen molar-refractivity contribution in [1.82, 2.24) is 14.8 Å². The Hall–Kier alpha value is -4.10. The standard InChI is InChI=1S/C28H25ClN4O3/c1-18-23(16-26-30-31-27(36-26)17-32(2)21-7-5-4-6-8-21)24-15-22(35-3)13-14-25(24)33(18)28(34)19-9-11-20(29)12-10-19/h4-15H,16-17H2,1-3H3. The maximum Gasteiger partial charge on any atom is 0.262 e. The normalized spacial score (nSPS) is 11.1. The number of aromatic nitrogens is 3. The summed E-state index contributed by atoms with van der Waals surface area (Å²) in [6, 6.07) is 22.6. The maximum atomic E-state index is 13.5. The van der Waals surface area contributed by atoms with Gasteiger partial charge in [0.05, 0.1) is 25.6 Å². The van der Waals surface area contributed by atoms with E-state index in [-0.39, 0.29) is 5.91 Å². The molecule has 3 aromatic carbocycles. The van der Waals surface area contributed by atoms with E-state index in [9.17, 15) is 4.79 Å². The first-order chi connectivity index (χ1) is 17.4. The van der Waals surface area contributed by atoms with Gasteiger partial charge >= 0.3 is 0 Å². The van der Waals surface area contributed by atoms with Crippen LogP contribution in [0.3, 0.4) is 0 Å². The number of hydrogen-bond acceptors (Lipinski definition) is 6. The van der Waals surface area contributed by atoms with Crippen LogP contribution in [0.4, 0.5) is 5.69 Å². The van der Waals surface area contributed by atoms with Gasteiger partial charge in [-0.3, -0.25) is 9.36 Å². The Labute approximate surface area is 213 Å². The Balaban J connectivity index is 1.49. The fourth-order valence-corrected chi connectivity index (χ4v) is 4.47. The Morgan fingerprint density at radius 3 is 2.47 bits per heavy atom. The van der Waals surface area contributed by atoms with Crippen LogP contribution in [0, 0.1) is 6.92 Å². The third-order valence-corrected chi connectivity index (χ3v) is 6.49. The summed E-state index contributed by atoms with van der Waals surface area (Å²) in [6.45, 7) is 2.41. The lowest BCUT2D eigenvalue weighted by molar-refractivity contribution is 0.0963. The second-order valence-electron chi connectivity index (χ2n) is 8.55. The van der Waals surface area contributed by atoms with Gasteiger partial charge in [-0.25, -0.2) is 0 Å². The lowest BCUT2D eigenvalue weighted by Crippen LogP contribution is -2.16. The molecule has 36 heavy (non-hydrogen) atoms. The van der Waals surface area contributed by atoms with Crippen LogP contribution < -0.4 is 9.64 Å². The molecule has 2 aromatic heterocycles. The third-order valence-electron chi connectivity index (χ3n) is 6.24. The number of nitrogens with zero attached hydrogens (tertiary/aromatic N) is 4. The predicted octanol–water partition coefficient (Wildman–Crippen LogP) is 5.91. The molecule has 5 rings (SSSR count). The van der Waals surface area contributed by atoms with Crippen LogP contribution in [0.5, 0.6) is 5.75 Å². The van der Waals surface area contributed by atoms with Crippen LogP contribution in [0.15, 0.2) is 77.2 Å². The first kappa shape index (κ1) is 23.6. The molecule has 0 unspecified atom stereocenters. The number of para-hydroxylation sites is 1. The molecule has 0 bridgehead atoms. The maximum absolute atomic E-state index is 13.5. The van der Waals surface area contributed by atoms with Gasteiger partial charge < -0.3 is 14.1 Å². The Morgan fingerprint density at radius 2 is 1.75 bits per heavy atom. The molecule has 0 atom stereocenters. The van der Waals surface area contributed by atoms with E-state index < -0.39 is 0 Å². The average Bonchev–Trinajstić information content (AvgIpc) is 3.45. The van der Waals surface area contributed by atoms with Gasteiger partial charge in [0.25, 0.3) is 5.91 Å². The number of methoxy groups -OCH3 is 1. The topological polar surface area (TPSA) is 73.4 Å². The van der Waals surface area contributed by atoms with Crippen molar-refractivity contribution < 1.29 is 13.9 Å². The zero-order chi connectivity index (χ0) is 25.2. The molecule has 0 N–H and O–H groups in total. The molecule has 0 spiro atoms. The number of carbonyl (C=O) groups is 1. The van der Waals surface area contributed by atoms with Crippen molar-refractivity contribution in [3.63, 3.8) is 0 Å². The minimum absolute atomic E-state index is 0.138. The molecule has 182 valence electrons.